The molecule has 1 fully saturated rings. The van der Waals surface area contributed by atoms with Gasteiger partial charge in [0.05, 0.1) is 19.9 Å². The topological polar surface area (TPSA) is 62.8 Å². The standard InChI is InChI=1S/C20H33N3O3/c1-16(21-10-13-23-11-6-4-5-7-12-23)14-20(24)22-18-15-17(25-2)8-9-19(18)26-3/h8-9,15-16,21H,4-7,10-14H2,1-3H3,(H,22,24). The van der Waals surface area contributed by atoms with E-state index in [1.54, 1.807) is 26.4 Å². The van der Waals surface area contributed by atoms with E-state index < -0.39 is 0 Å². The fourth-order valence-electron chi connectivity index (χ4n) is 3.29. The number of likely N-dealkylation sites (tertiary alicyclic amines) is 1. The summed E-state index contributed by atoms with van der Waals surface area (Å²) >= 11 is 0. The third kappa shape index (κ3) is 6.84. The quantitative estimate of drug-likeness (QED) is 0.706. The number of anilines is 1. The Morgan fingerprint density at radius 1 is 1.15 bits per heavy atom. The first-order valence-electron chi connectivity index (χ1n) is 9.60. The average Bonchev–Trinajstić information content (AvgIpc) is 2.90. The molecule has 26 heavy (non-hydrogen) atoms. The minimum absolute atomic E-state index is 0.0358. The lowest BCUT2D eigenvalue weighted by Gasteiger charge is -2.21. The van der Waals surface area contributed by atoms with Crippen molar-refractivity contribution in [2.24, 2.45) is 0 Å². The molecule has 6 heteroatoms. The minimum atomic E-state index is -0.0358. The summed E-state index contributed by atoms with van der Waals surface area (Å²) in [6.07, 6.45) is 5.74. The normalized spacial score (nSPS) is 16.6. The maximum absolute atomic E-state index is 12.3. The predicted molar refractivity (Wildman–Crippen MR) is 105 cm³/mol. The third-order valence-corrected chi connectivity index (χ3v) is 4.79. The number of carbonyl (C=O) groups is 1. The Bertz CT molecular complexity index is 557. The van der Waals surface area contributed by atoms with Crippen LogP contribution in [0.4, 0.5) is 5.69 Å². The van der Waals surface area contributed by atoms with Crippen LogP contribution in [0.5, 0.6) is 11.5 Å². The van der Waals surface area contributed by atoms with Gasteiger partial charge in [0.1, 0.15) is 11.5 Å². The monoisotopic (exact) mass is 363 g/mol. The zero-order valence-corrected chi connectivity index (χ0v) is 16.3. The Hall–Kier alpha value is -1.79. The first-order chi connectivity index (χ1) is 12.6. The van der Waals surface area contributed by atoms with Crippen LogP contribution in [0.25, 0.3) is 0 Å². The molecule has 6 nitrogen and oxygen atoms in total. The van der Waals surface area contributed by atoms with Crippen molar-refractivity contribution in [2.45, 2.75) is 45.1 Å². The maximum Gasteiger partial charge on any atom is 0.226 e. The molecule has 1 saturated heterocycles. The van der Waals surface area contributed by atoms with Crippen LogP contribution in [0.2, 0.25) is 0 Å². The van der Waals surface area contributed by atoms with E-state index in [-0.39, 0.29) is 11.9 Å². The highest BCUT2D eigenvalue weighted by atomic mass is 16.5. The molecule has 1 unspecified atom stereocenters. The maximum atomic E-state index is 12.3. The van der Waals surface area contributed by atoms with Gasteiger partial charge in [-0.05, 0) is 45.0 Å². The molecule has 0 bridgehead atoms. The zero-order chi connectivity index (χ0) is 18.8. The summed E-state index contributed by atoms with van der Waals surface area (Å²) in [7, 11) is 3.19. The lowest BCUT2D eigenvalue weighted by Crippen LogP contribution is -2.38. The van der Waals surface area contributed by atoms with Gasteiger partial charge >= 0.3 is 0 Å². The summed E-state index contributed by atoms with van der Waals surface area (Å²) in [5.74, 6) is 1.27. The summed E-state index contributed by atoms with van der Waals surface area (Å²) in [6, 6.07) is 5.49. The van der Waals surface area contributed by atoms with Crippen LogP contribution in [-0.4, -0.2) is 57.2 Å². The third-order valence-electron chi connectivity index (χ3n) is 4.79. The van der Waals surface area contributed by atoms with Crippen LogP contribution >= 0.6 is 0 Å². The number of amides is 1. The molecule has 1 amide bonds. The predicted octanol–water partition coefficient (Wildman–Crippen LogP) is 2.89. The van der Waals surface area contributed by atoms with Crippen LogP contribution in [0.15, 0.2) is 18.2 Å². The second-order valence-corrected chi connectivity index (χ2v) is 6.93. The van der Waals surface area contributed by atoms with Gasteiger partial charge in [-0.15, -0.1) is 0 Å². The van der Waals surface area contributed by atoms with Gasteiger partial charge in [0, 0.05) is 31.6 Å². The molecule has 2 N–H and O–H groups in total. The lowest BCUT2D eigenvalue weighted by molar-refractivity contribution is -0.116. The molecule has 1 aliphatic heterocycles. The SMILES string of the molecule is COc1ccc(OC)c(NC(=O)CC(C)NCCN2CCCCCC2)c1. The van der Waals surface area contributed by atoms with Crippen molar-refractivity contribution in [1.29, 1.82) is 0 Å². The van der Waals surface area contributed by atoms with Crippen molar-refractivity contribution in [3.05, 3.63) is 18.2 Å². The van der Waals surface area contributed by atoms with Crippen LogP contribution in [0.1, 0.15) is 39.0 Å². The van der Waals surface area contributed by atoms with E-state index in [0.29, 0.717) is 23.6 Å². The summed E-state index contributed by atoms with van der Waals surface area (Å²) in [5, 5.41) is 6.38. The van der Waals surface area contributed by atoms with E-state index in [1.165, 1.54) is 38.8 Å². The van der Waals surface area contributed by atoms with E-state index in [0.717, 1.165) is 13.1 Å². The number of rotatable bonds is 9. The van der Waals surface area contributed by atoms with Gasteiger partial charge in [-0.1, -0.05) is 12.8 Å². The Morgan fingerprint density at radius 2 is 1.88 bits per heavy atom. The van der Waals surface area contributed by atoms with Gasteiger partial charge in [-0.25, -0.2) is 0 Å². The molecule has 1 aromatic rings. The Labute approximate surface area is 157 Å². The number of hydrogen-bond acceptors (Lipinski definition) is 5. The number of ether oxygens (including phenoxy) is 2. The highest BCUT2D eigenvalue weighted by Crippen LogP contribution is 2.29. The molecule has 0 saturated carbocycles. The Morgan fingerprint density at radius 3 is 2.54 bits per heavy atom. The molecule has 1 aliphatic rings. The lowest BCUT2D eigenvalue weighted by atomic mass is 10.2. The highest BCUT2D eigenvalue weighted by molar-refractivity contribution is 5.92. The summed E-state index contributed by atoms with van der Waals surface area (Å²) < 4.78 is 10.5. The second-order valence-electron chi connectivity index (χ2n) is 6.93. The first kappa shape index (κ1) is 20.5. The Kier molecular flexibility index (Phi) is 8.71. The summed E-state index contributed by atoms with van der Waals surface area (Å²) in [5.41, 5.74) is 0.633. The number of nitrogens with zero attached hydrogens (tertiary/aromatic N) is 1. The molecule has 1 heterocycles. The second kappa shape index (κ2) is 11.0. The van der Waals surface area contributed by atoms with Gasteiger partial charge in [0.15, 0.2) is 0 Å². The average molecular weight is 364 g/mol. The summed E-state index contributed by atoms with van der Waals surface area (Å²) in [6.45, 7) is 6.41. The molecule has 0 aromatic heterocycles. The highest BCUT2D eigenvalue weighted by Gasteiger charge is 2.13. The molecule has 2 rings (SSSR count). The molecule has 0 aliphatic carbocycles. The van der Waals surface area contributed by atoms with Crippen molar-refractivity contribution in [1.82, 2.24) is 10.2 Å². The van der Waals surface area contributed by atoms with Gasteiger partial charge in [-0.2, -0.15) is 0 Å². The number of nitrogens with one attached hydrogen (secondary N) is 2. The number of carbonyl (C=O) groups excluding carboxylic acids is 1. The first-order valence-corrected chi connectivity index (χ1v) is 9.60. The van der Waals surface area contributed by atoms with Gasteiger partial charge in [-0.3, -0.25) is 4.79 Å². The minimum Gasteiger partial charge on any atom is -0.497 e. The van der Waals surface area contributed by atoms with Crippen LogP contribution in [-0.2, 0) is 4.79 Å². The van der Waals surface area contributed by atoms with Crippen molar-refractivity contribution in [3.63, 3.8) is 0 Å². The van der Waals surface area contributed by atoms with Crippen molar-refractivity contribution in [3.8, 4) is 11.5 Å². The van der Waals surface area contributed by atoms with E-state index >= 15 is 0 Å². The van der Waals surface area contributed by atoms with E-state index in [2.05, 4.69) is 15.5 Å². The molecule has 1 atom stereocenters. The summed E-state index contributed by atoms with van der Waals surface area (Å²) in [4.78, 5) is 14.9. The van der Waals surface area contributed by atoms with Crippen molar-refractivity contribution in [2.75, 3.05) is 45.7 Å². The van der Waals surface area contributed by atoms with Crippen LogP contribution < -0.4 is 20.1 Å². The fraction of sp³-hybridized carbons (Fsp3) is 0.650. The molecule has 0 spiro atoms. The largest absolute Gasteiger partial charge is 0.497 e. The smallest absolute Gasteiger partial charge is 0.226 e. The van der Waals surface area contributed by atoms with E-state index in [4.69, 9.17) is 9.47 Å². The Balaban J connectivity index is 1.74. The van der Waals surface area contributed by atoms with Crippen LogP contribution in [0, 0.1) is 0 Å². The molecule has 0 radical (unpaired) electrons. The molecular formula is C20H33N3O3. The van der Waals surface area contributed by atoms with Gasteiger partial charge < -0.3 is 25.0 Å². The number of methoxy groups -OCH3 is 2. The van der Waals surface area contributed by atoms with E-state index in [9.17, 15) is 4.79 Å². The van der Waals surface area contributed by atoms with E-state index in [1.807, 2.05) is 13.0 Å². The number of hydrogen-bond donors (Lipinski definition) is 2. The van der Waals surface area contributed by atoms with Crippen molar-refractivity contribution < 1.29 is 14.3 Å². The van der Waals surface area contributed by atoms with Crippen molar-refractivity contribution >= 4 is 11.6 Å². The molecular weight excluding hydrogens is 330 g/mol. The zero-order valence-electron chi connectivity index (χ0n) is 16.3. The number of benzene rings is 1. The van der Waals surface area contributed by atoms with Gasteiger partial charge in [0.2, 0.25) is 5.91 Å². The fourth-order valence-corrected chi connectivity index (χ4v) is 3.29. The molecule has 1 aromatic carbocycles. The molecule has 146 valence electrons. The van der Waals surface area contributed by atoms with Crippen LogP contribution in [0.3, 0.4) is 0 Å². The van der Waals surface area contributed by atoms with Gasteiger partial charge in [0.25, 0.3) is 0 Å².